The second-order valence-corrected chi connectivity index (χ2v) is 7.29. The summed E-state index contributed by atoms with van der Waals surface area (Å²) in [5, 5.41) is 34.5. The van der Waals surface area contributed by atoms with Crippen LogP contribution in [0.1, 0.15) is 34.1 Å². The first-order valence-electron chi connectivity index (χ1n) is 9.05. The van der Waals surface area contributed by atoms with Gasteiger partial charge in [0.1, 0.15) is 24.2 Å². The van der Waals surface area contributed by atoms with Crippen molar-refractivity contribution in [2.75, 3.05) is 13.2 Å². The minimum atomic E-state index is -1.38. The van der Waals surface area contributed by atoms with Crippen molar-refractivity contribution in [3.05, 3.63) is 0 Å². The Hall–Kier alpha value is -2.24. The highest BCUT2D eigenvalue weighted by Gasteiger charge is 2.31. The van der Waals surface area contributed by atoms with Crippen LogP contribution in [0.3, 0.4) is 0 Å². The Kier molecular flexibility index (Phi) is 11.3. The Morgan fingerprint density at radius 3 is 1.75 bits per heavy atom. The standard InChI is InChI=1S/C17H32N4O7/c1-8(2)5-11(17(27)28)19-16(26)13(9(3)4)21-15(25)12(7-23)20-14(24)10(18)6-22/h8-13,22-23H,5-7,18H2,1-4H3,(H,19,26)(H,20,24)(H,21,25)(H,27,28). The minimum absolute atomic E-state index is 0.0261. The molecule has 0 aromatic heterocycles. The fraction of sp³-hybridized carbons (Fsp3) is 0.765. The summed E-state index contributed by atoms with van der Waals surface area (Å²) in [4.78, 5) is 47.9. The van der Waals surface area contributed by atoms with Crippen LogP contribution >= 0.6 is 0 Å². The van der Waals surface area contributed by atoms with Crippen LogP contribution in [-0.2, 0) is 19.2 Å². The number of rotatable bonds is 12. The molecule has 11 nitrogen and oxygen atoms in total. The van der Waals surface area contributed by atoms with Gasteiger partial charge in [-0.3, -0.25) is 14.4 Å². The van der Waals surface area contributed by atoms with Gasteiger partial charge in [0.2, 0.25) is 17.7 Å². The Balaban J connectivity index is 5.16. The average Bonchev–Trinajstić information content (AvgIpc) is 2.61. The number of carbonyl (C=O) groups is 4. The fourth-order valence-electron chi connectivity index (χ4n) is 2.30. The molecule has 0 aliphatic rings. The number of nitrogens with two attached hydrogens (primary N) is 1. The fourth-order valence-corrected chi connectivity index (χ4v) is 2.30. The summed E-state index contributed by atoms with van der Waals surface area (Å²) < 4.78 is 0. The zero-order valence-corrected chi connectivity index (χ0v) is 16.6. The van der Waals surface area contributed by atoms with Gasteiger partial charge in [-0.15, -0.1) is 0 Å². The summed E-state index contributed by atoms with van der Waals surface area (Å²) in [7, 11) is 0. The molecule has 0 spiro atoms. The van der Waals surface area contributed by atoms with Crippen LogP contribution in [0.15, 0.2) is 0 Å². The predicted octanol–water partition coefficient (Wildman–Crippen LogP) is -2.46. The van der Waals surface area contributed by atoms with Crippen molar-refractivity contribution in [2.24, 2.45) is 17.6 Å². The quantitative estimate of drug-likeness (QED) is 0.186. The molecule has 4 atom stereocenters. The van der Waals surface area contributed by atoms with E-state index in [1.54, 1.807) is 13.8 Å². The van der Waals surface area contributed by atoms with Crippen LogP contribution in [0.5, 0.6) is 0 Å². The molecule has 0 aromatic rings. The van der Waals surface area contributed by atoms with E-state index in [4.69, 9.17) is 10.8 Å². The maximum absolute atomic E-state index is 12.5. The van der Waals surface area contributed by atoms with Crippen LogP contribution in [0.2, 0.25) is 0 Å². The first-order chi connectivity index (χ1) is 12.9. The number of carbonyl (C=O) groups excluding carboxylic acids is 3. The van der Waals surface area contributed by atoms with E-state index in [1.807, 2.05) is 13.8 Å². The lowest BCUT2D eigenvalue weighted by Gasteiger charge is -2.26. The number of hydrogen-bond acceptors (Lipinski definition) is 7. The van der Waals surface area contributed by atoms with E-state index in [-0.39, 0.29) is 12.3 Å². The zero-order valence-electron chi connectivity index (χ0n) is 16.6. The molecule has 0 aliphatic carbocycles. The molecular weight excluding hydrogens is 372 g/mol. The molecule has 0 rings (SSSR count). The topological polar surface area (TPSA) is 191 Å². The molecule has 11 heteroatoms. The third-order valence-electron chi connectivity index (χ3n) is 3.92. The summed E-state index contributed by atoms with van der Waals surface area (Å²) >= 11 is 0. The number of hydrogen-bond donors (Lipinski definition) is 7. The Morgan fingerprint density at radius 2 is 1.36 bits per heavy atom. The number of aliphatic hydroxyl groups excluding tert-OH is 2. The van der Waals surface area contributed by atoms with Crippen molar-refractivity contribution < 1.29 is 34.5 Å². The number of aliphatic carboxylic acids is 1. The largest absolute Gasteiger partial charge is 0.480 e. The average molecular weight is 404 g/mol. The molecule has 0 aromatic carbocycles. The number of carboxylic acid groups (broad SMARTS) is 1. The normalized spacial score (nSPS) is 15.5. The first-order valence-corrected chi connectivity index (χ1v) is 9.05. The highest BCUT2D eigenvalue weighted by atomic mass is 16.4. The van der Waals surface area contributed by atoms with Gasteiger partial charge in [-0.05, 0) is 18.3 Å². The molecule has 0 saturated carbocycles. The lowest BCUT2D eigenvalue weighted by molar-refractivity contribution is -0.143. The second-order valence-electron chi connectivity index (χ2n) is 7.29. The molecule has 4 unspecified atom stereocenters. The molecule has 0 fully saturated rings. The van der Waals surface area contributed by atoms with Crippen molar-refractivity contribution >= 4 is 23.7 Å². The van der Waals surface area contributed by atoms with Gasteiger partial charge in [0.25, 0.3) is 0 Å². The van der Waals surface area contributed by atoms with E-state index in [0.717, 1.165) is 0 Å². The SMILES string of the molecule is CC(C)CC(NC(=O)C(NC(=O)C(CO)NC(=O)C(N)CO)C(C)C)C(=O)O. The number of carboxylic acids is 1. The molecule has 8 N–H and O–H groups in total. The van der Waals surface area contributed by atoms with Gasteiger partial charge in [0, 0.05) is 0 Å². The van der Waals surface area contributed by atoms with Crippen LogP contribution in [-0.4, -0.2) is 76.4 Å². The molecule has 0 aliphatic heterocycles. The molecule has 0 radical (unpaired) electrons. The Bertz CT molecular complexity index is 554. The molecule has 28 heavy (non-hydrogen) atoms. The Morgan fingerprint density at radius 1 is 0.821 bits per heavy atom. The van der Waals surface area contributed by atoms with Crippen molar-refractivity contribution in [1.29, 1.82) is 0 Å². The number of aliphatic hydroxyl groups is 2. The van der Waals surface area contributed by atoms with E-state index in [9.17, 15) is 29.4 Å². The van der Waals surface area contributed by atoms with Crippen LogP contribution < -0.4 is 21.7 Å². The van der Waals surface area contributed by atoms with Crippen molar-refractivity contribution in [2.45, 2.75) is 58.3 Å². The maximum Gasteiger partial charge on any atom is 0.326 e. The van der Waals surface area contributed by atoms with Gasteiger partial charge in [-0.25, -0.2) is 4.79 Å². The smallest absolute Gasteiger partial charge is 0.326 e. The van der Waals surface area contributed by atoms with Gasteiger partial charge in [-0.1, -0.05) is 27.7 Å². The van der Waals surface area contributed by atoms with Crippen LogP contribution in [0.25, 0.3) is 0 Å². The monoisotopic (exact) mass is 404 g/mol. The molecule has 0 bridgehead atoms. The lowest BCUT2D eigenvalue weighted by atomic mass is 10.00. The number of amides is 3. The molecule has 162 valence electrons. The zero-order chi connectivity index (χ0) is 22.0. The van der Waals surface area contributed by atoms with Crippen LogP contribution in [0.4, 0.5) is 0 Å². The van der Waals surface area contributed by atoms with Crippen molar-refractivity contribution in [3.8, 4) is 0 Å². The number of nitrogens with one attached hydrogen (secondary N) is 3. The van der Waals surface area contributed by atoms with Gasteiger partial charge < -0.3 is 37.0 Å². The summed E-state index contributed by atoms with van der Waals surface area (Å²) in [6, 6.07) is -4.84. The highest BCUT2D eigenvalue weighted by molar-refractivity contribution is 5.94. The molecule has 3 amide bonds. The minimum Gasteiger partial charge on any atom is -0.480 e. The third-order valence-corrected chi connectivity index (χ3v) is 3.92. The summed E-state index contributed by atoms with van der Waals surface area (Å²) in [5.74, 6) is -3.93. The second kappa shape index (κ2) is 12.3. The maximum atomic E-state index is 12.5. The van der Waals surface area contributed by atoms with E-state index in [0.29, 0.717) is 0 Å². The highest BCUT2D eigenvalue weighted by Crippen LogP contribution is 2.08. The van der Waals surface area contributed by atoms with E-state index in [1.165, 1.54) is 0 Å². The van der Waals surface area contributed by atoms with E-state index in [2.05, 4.69) is 16.0 Å². The van der Waals surface area contributed by atoms with Gasteiger partial charge in [0.15, 0.2) is 0 Å². The van der Waals surface area contributed by atoms with Gasteiger partial charge in [0.05, 0.1) is 13.2 Å². The van der Waals surface area contributed by atoms with E-state index < -0.39 is 67.0 Å². The molecule has 0 saturated heterocycles. The molecular formula is C17H32N4O7. The Labute approximate surface area is 164 Å². The summed E-state index contributed by atoms with van der Waals surface area (Å²) in [6.45, 7) is 5.53. The molecule has 0 heterocycles. The third kappa shape index (κ3) is 8.63. The lowest BCUT2D eigenvalue weighted by Crippen LogP contribution is -2.59. The summed E-state index contributed by atoms with van der Waals surface area (Å²) in [5.41, 5.74) is 5.35. The van der Waals surface area contributed by atoms with Gasteiger partial charge in [-0.2, -0.15) is 0 Å². The van der Waals surface area contributed by atoms with Gasteiger partial charge >= 0.3 is 5.97 Å². The van der Waals surface area contributed by atoms with Crippen LogP contribution in [0, 0.1) is 11.8 Å². The first kappa shape index (κ1) is 25.8. The summed E-state index contributed by atoms with van der Waals surface area (Å²) in [6.07, 6.45) is 0.216. The van der Waals surface area contributed by atoms with E-state index >= 15 is 0 Å². The van der Waals surface area contributed by atoms with Crippen molar-refractivity contribution in [3.63, 3.8) is 0 Å². The van der Waals surface area contributed by atoms with Crippen molar-refractivity contribution in [1.82, 2.24) is 16.0 Å². The predicted molar refractivity (Wildman–Crippen MR) is 99.9 cm³/mol.